The van der Waals surface area contributed by atoms with Gasteiger partial charge in [0.05, 0.1) is 11.7 Å². The molecule has 0 aromatic carbocycles. The molecule has 1 saturated carbocycles. The van der Waals surface area contributed by atoms with Crippen LogP contribution in [0, 0.1) is 0 Å². The minimum atomic E-state index is 0.417. The highest BCUT2D eigenvalue weighted by atomic mass is 15.2. The van der Waals surface area contributed by atoms with Crippen molar-refractivity contribution in [3.8, 4) is 0 Å². The van der Waals surface area contributed by atoms with Crippen molar-refractivity contribution in [1.29, 1.82) is 0 Å². The molecule has 0 bridgehead atoms. The lowest BCUT2D eigenvalue weighted by atomic mass is 9.92. The van der Waals surface area contributed by atoms with Crippen molar-refractivity contribution in [2.45, 2.75) is 44.3 Å². The molecule has 3 rings (SSSR count). The first kappa shape index (κ1) is 11.7. The van der Waals surface area contributed by atoms with Crippen molar-refractivity contribution in [2.24, 2.45) is 5.73 Å². The second kappa shape index (κ2) is 5.08. The molecule has 0 spiro atoms. The standard InChI is InChI=1S/C14H20N4/c15-12-4-6-13(7-5-12)16-9-11-10-17-18-8-2-1-3-14(11)18/h1-3,8,10,12-13,16H,4-7,9,15H2. The zero-order valence-corrected chi connectivity index (χ0v) is 10.5. The van der Waals surface area contributed by atoms with Gasteiger partial charge < -0.3 is 11.1 Å². The molecule has 2 aromatic rings. The normalized spacial score (nSPS) is 24.5. The first-order valence-corrected chi connectivity index (χ1v) is 6.73. The van der Waals surface area contributed by atoms with Crippen LogP contribution in [0.4, 0.5) is 0 Å². The molecule has 1 fully saturated rings. The third kappa shape index (κ3) is 2.40. The van der Waals surface area contributed by atoms with Crippen LogP contribution in [0.3, 0.4) is 0 Å². The number of aromatic nitrogens is 2. The van der Waals surface area contributed by atoms with Gasteiger partial charge >= 0.3 is 0 Å². The van der Waals surface area contributed by atoms with Crippen LogP contribution < -0.4 is 11.1 Å². The van der Waals surface area contributed by atoms with E-state index in [1.165, 1.54) is 23.9 Å². The summed E-state index contributed by atoms with van der Waals surface area (Å²) in [6.07, 6.45) is 8.62. The van der Waals surface area contributed by atoms with Gasteiger partial charge in [-0.25, -0.2) is 4.52 Å². The van der Waals surface area contributed by atoms with Crippen molar-refractivity contribution in [3.05, 3.63) is 36.2 Å². The van der Waals surface area contributed by atoms with Gasteiger partial charge in [-0.1, -0.05) is 6.07 Å². The molecule has 0 amide bonds. The summed E-state index contributed by atoms with van der Waals surface area (Å²) >= 11 is 0. The monoisotopic (exact) mass is 244 g/mol. The highest BCUT2D eigenvalue weighted by molar-refractivity contribution is 5.53. The number of nitrogens with zero attached hydrogens (tertiary/aromatic N) is 2. The Balaban J connectivity index is 1.63. The summed E-state index contributed by atoms with van der Waals surface area (Å²) < 4.78 is 1.92. The predicted octanol–water partition coefficient (Wildman–Crippen LogP) is 1.69. The Morgan fingerprint density at radius 3 is 2.94 bits per heavy atom. The minimum Gasteiger partial charge on any atom is -0.328 e. The Bertz CT molecular complexity index is 511. The van der Waals surface area contributed by atoms with E-state index in [0.717, 1.165) is 19.4 Å². The number of nitrogens with one attached hydrogen (secondary N) is 1. The number of hydrogen-bond acceptors (Lipinski definition) is 3. The topological polar surface area (TPSA) is 55.3 Å². The second-order valence-corrected chi connectivity index (χ2v) is 5.19. The highest BCUT2D eigenvalue weighted by Crippen LogP contribution is 2.18. The molecule has 2 heterocycles. The smallest absolute Gasteiger partial charge is 0.0706 e. The van der Waals surface area contributed by atoms with Crippen LogP contribution in [0.25, 0.3) is 5.52 Å². The van der Waals surface area contributed by atoms with Gasteiger partial charge in [0.1, 0.15) is 0 Å². The molecule has 18 heavy (non-hydrogen) atoms. The number of fused-ring (bicyclic) bond motifs is 1. The summed E-state index contributed by atoms with van der Waals surface area (Å²) in [4.78, 5) is 0. The average Bonchev–Trinajstić information content (AvgIpc) is 2.82. The van der Waals surface area contributed by atoms with Crippen molar-refractivity contribution >= 4 is 5.52 Å². The molecular formula is C14H20N4. The van der Waals surface area contributed by atoms with Gasteiger partial charge in [0.25, 0.3) is 0 Å². The van der Waals surface area contributed by atoms with Gasteiger partial charge in [0.2, 0.25) is 0 Å². The third-order valence-corrected chi connectivity index (χ3v) is 3.86. The van der Waals surface area contributed by atoms with Crippen LogP contribution >= 0.6 is 0 Å². The fourth-order valence-electron chi connectivity index (χ4n) is 2.70. The van der Waals surface area contributed by atoms with Gasteiger partial charge in [0, 0.05) is 30.4 Å². The third-order valence-electron chi connectivity index (χ3n) is 3.86. The van der Waals surface area contributed by atoms with Gasteiger partial charge in [-0.15, -0.1) is 0 Å². The van der Waals surface area contributed by atoms with E-state index < -0.39 is 0 Å². The molecule has 1 aliphatic carbocycles. The molecule has 3 N–H and O–H groups in total. The van der Waals surface area contributed by atoms with E-state index in [0.29, 0.717) is 12.1 Å². The van der Waals surface area contributed by atoms with E-state index in [1.807, 2.05) is 23.0 Å². The lowest BCUT2D eigenvalue weighted by molar-refractivity contribution is 0.342. The molecule has 0 saturated heterocycles. The lowest BCUT2D eigenvalue weighted by Crippen LogP contribution is -2.36. The lowest BCUT2D eigenvalue weighted by Gasteiger charge is -2.26. The second-order valence-electron chi connectivity index (χ2n) is 5.19. The number of hydrogen-bond donors (Lipinski definition) is 2. The number of rotatable bonds is 3. The van der Waals surface area contributed by atoms with Crippen molar-refractivity contribution < 1.29 is 0 Å². The SMILES string of the molecule is NC1CCC(NCc2cnn3ccccc23)CC1. The Hall–Kier alpha value is -1.39. The molecule has 1 aliphatic rings. The van der Waals surface area contributed by atoms with E-state index in [-0.39, 0.29) is 0 Å². The maximum absolute atomic E-state index is 5.92. The van der Waals surface area contributed by atoms with E-state index >= 15 is 0 Å². The summed E-state index contributed by atoms with van der Waals surface area (Å²) in [6, 6.07) is 7.20. The van der Waals surface area contributed by atoms with E-state index in [4.69, 9.17) is 5.73 Å². The maximum Gasteiger partial charge on any atom is 0.0706 e. The fraction of sp³-hybridized carbons (Fsp3) is 0.500. The predicted molar refractivity (Wildman–Crippen MR) is 72.3 cm³/mol. The Morgan fingerprint density at radius 2 is 2.11 bits per heavy atom. The molecule has 0 aliphatic heterocycles. The van der Waals surface area contributed by atoms with Gasteiger partial charge in [-0.05, 0) is 37.8 Å². The van der Waals surface area contributed by atoms with Crippen LogP contribution in [0.1, 0.15) is 31.2 Å². The first-order chi connectivity index (χ1) is 8.83. The summed E-state index contributed by atoms with van der Waals surface area (Å²) in [5, 5.41) is 7.98. The van der Waals surface area contributed by atoms with Crippen LogP contribution in [0.15, 0.2) is 30.6 Å². The van der Waals surface area contributed by atoms with E-state index in [2.05, 4.69) is 22.5 Å². The van der Waals surface area contributed by atoms with Crippen LogP contribution in [-0.2, 0) is 6.54 Å². The van der Waals surface area contributed by atoms with Gasteiger partial charge in [0.15, 0.2) is 0 Å². The molecule has 4 heteroatoms. The average molecular weight is 244 g/mol. The molecule has 2 aromatic heterocycles. The summed E-state index contributed by atoms with van der Waals surface area (Å²) in [5.41, 5.74) is 8.38. The summed E-state index contributed by atoms with van der Waals surface area (Å²) in [6.45, 7) is 0.896. The van der Waals surface area contributed by atoms with Crippen LogP contribution in [-0.4, -0.2) is 21.7 Å². The van der Waals surface area contributed by atoms with Gasteiger partial charge in [-0.2, -0.15) is 5.10 Å². The molecular weight excluding hydrogens is 224 g/mol. The zero-order valence-electron chi connectivity index (χ0n) is 10.5. The molecule has 0 atom stereocenters. The molecule has 4 nitrogen and oxygen atoms in total. The quantitative estimate of drug-likeness (QED) is 0.864. The Morgan fingerprint density at radius 1 is 1.28 bits per heavy atom. The highest BCUT2D eigenvalue weighted by Gasteiger charge is 2.18. The summed E-state index contributed by atoms with van der Waals surface area (Å²) in [7, 11) is 0. The maximum atomic E-state index is 5.92. The Kier molecular flexibility index (Phi) is 3.30. The first-order valence-electron chi connectivity index (χ1n) is 6.73. The fourth-order valence-corrected chi connectivity index (χ4v) is 2.70. The van der Waals surface area contributed by atoms with Crippen molar-refractivity contribution in [2.75, 3.05) is 0 Å². The van der Waals surface area contributed by atoms with Crippen molar-refractivity contribution in [3.63, 3.8) is 0 Å². The molecule has 0 radical (unpaired) electrons. The van der Waals surface area contributed by atoms with Crippen LogP contribution in [0.2, 0.25) is 0 Å². The number of pyridine rings is 1. The van der Waals surface area contributed by atoms with Gasteiger partial charge in [-0.3, -0.25) is 0 Å². The van der Waals surface area contributed by atoms with Crippen molar-refractivity contribution in [1.82, 2.24) is 14.9 Å². The zero-order chi connectivity index (χ0) is 12.4. The largest absolute Gasteiger partial charge is 0.328 e. The van der Waals surface area contributed by atoms with Crippen LogP contribution in [0.5, 0.6) is 0 Å². The van der Waals surface area contributed by atoms with E-state index in [1.54, 1.807) is 0 Å². The van der Waals surface area contributed by atoms with E-state index in [9.17, 15) is 0 Å². The number of nitrogens with two attached hydrogens (primary N) is 1. The Labute approximate surface area is 107 Å². The molecule has 96 valence electrons. The minimum absolute atomic E-state index is 0.417. The summed E-state index contributed by atoms with van der Waals surface area (Å²) in [5.74, 6) is 0. The molecule has 0 unspecified atom stereocenters.